The fourth-order valence-electron chi connectivity index (χ4n) is 2.94. The second kappa shape index (κ2) is 8.22. The minimum absolute atomic E-state index is 0.123. The van der Waals surface area contributed by atoms with Gasteiger partial charge < -0.3 is 15.0 Å². The van der Waals surface area contributed by atoms with Gasteiger partial charge in [0.1, 0.15) is 0 Å². The lowest BCUT2D eigenvalue weighted by Gasteiger charge is -2.18. The molecule has 0 radical (unpaired) electrons. The molecule has 27 heavy (non-hydrogen) atoms. The molecule has 1 aliphatic rings. The summed E-state index contributed by atoms with van der Waals surface area (Å²) in [6.45, 7) is 2.31. The first kappa shape index (κ1) is 18.9. The minimum atomic E-state index is -0.474. The fraction of sp³-hybridized carbons (Fsp3) is 0.250. The summed E-state index contributed by atoms with van der Waals surface area (Å²) in [5.74, 6) is -1.27. The van der Waals surface area contributed by atoms with Crippen LogP contribution in [0.1, 0.15) is 23.7 Å². The molecule has 1 saturated heterocycles. The first-order chi connectivity index (χ1) is 13.0. The maximum absolute atomic E-state index is 12.5. The third-order valence-electron chi connectivity index (χ3n) is 4.30. The quantitative estimate of drug-likeness (QED) is 0.798. The van der Waals surface area contributed by atoms with Crippen LogP contribution in [0.25, 0.3) is 0 Å². The highest BCUT2D eigenvalue weighted by Gasteiger charge is 2.35. The van der Waals surface area contributed by atoms with Gasteiger partial charge in [-0.1, -0.05) is 23.7 Å². The van der Waals surface area contributed by atoms with Crippen molar-refractivity contribution < 1.29 is 19.1 Å². The van der Waals surface area contributed by atoms with E-state index in [-0.39, 0.29) is 24.8 Å². The monoisotopic (exact) mass is 386 g/mol. The first-order valence-corrected chi connectivity index (χ1v) is 9.00. The number of esters is 1. The van der Waals surface area contributed by atoms with Crippen LogP contribution in [0.15, 0.2) is 48.5 Å². The molecule has 2 aromatic rings. The summed E-state index contributed by atoms with van der Waals surface area (Å²) in [5, 5.41) is 3.26. The summed E-state index contributed by atoms with van der Waals surface area (Å²) >= 11 is 6.16. The Labute approximate surface area is 162 Å². The van der Waals surface area contributed by atoms with Gasteiger partial charge >= 0.3 is 5.97 Å². The highest BCUT2D eigenvalue weighted by Crippen LogP contribution is 2.31. The van der Waals surface area contributed by atoms with Crippen molar-refractivity contribution in [3.05, 3.63) is 59.1 Å². The predicted molar refractivity (Wildman–Crippen MR) is 103 cm³/mol. The Morgan fingerprint density at radius 2 is 1.89 bits per heavy atom. The maximum atomic E-state index is 12.5. The molecule has 0 aromatic heterocycles. The number of rotatable bonds is 5. The van der Waals surface area contributed by atoms with Gasteiger partial charge in [0.15, 0.2) is 0 Å². The summed E-state index contributed by atoms with van der Waals surface area (Å²) in [4.78, 5) is 38.0. The van der Waals surface area contributed by atoms with Gasteiger partial charge in [-0.05, 0) is 43.3 Å². The lowest BCUT2D eigenvalue weighted by atomic mass is 10.1. The van der Waals surface area contributed by atoms with Crippen molar-refractivity contribution in [2.45, 2.75) is 13.3 Å². The van der Waals surface area contributed by atoms with Crippen molar-refractivity contribution >= 4 is 40.8 Å². The average Bonchev–Trinajstić information content (AvgIpc) is 3.04. The molecule has 0 bridgehead atoms. The number of carbonyl (C=O) groups is 3. The molecule has 2 amide bonds. The molecule has 0 unspecified atom stereocenters. The summed E-state index contributed by atoms with van der Waals surface area (Å²) in [5.41, 5.74) is 1.57. The molecular weight excluding hydrogens is 368 g/mol. The average molecular weight is 387 g/mol. The third-order valence-corrected chi connectivity index (χ3v) is 4.62. The fourth-order valence-corrected chi connectivity index (χ4v) is 3.17. The van der Waals surface area contributed by atoms with Crippen LogP contribution in [0, 0.1) is 5.92 Å². The van der Waals surface area contributed by atoms with Gasteiger partial charge in [0.2, 0.25) is 11.8 Å². The van der Waals surface area contributed by atoms with E-state index < -0.39 is 11.9 Å². The van der Waals surface area contributed by atoms with Crippen molar-refractivity contribution in [2.75, 3.05) is 23.4 Å². The number of hydrogen-bond acceptors (Lipinski definition) is 4. The molecule has 6 nitrogen and oxygen atoms in total. The Kier molecular flexibility index (Phi) is 5.76. The number of nitrogens with one attached hydrogen (secondary N) is 1. The highest BCUT2D eigenvalue weighted by molar-refractivity contribution is 6.33. The van der Waals surface area contributed by atoms with E-state index in [1.54, 1.807) is 55.5 Å². The molecule has 1 heterocycles. The van der Waals surface area contributed by atoms with Crippen LogP contribution in [0.3, 0.4) is 0 Å². The molecule has 140 valence electrons. The molecular formula is C20H19ClN2O4. The third kappa shape index (κ3) is 4.28. The molecule has 1 aliphatic heterocycles. The Hall–Kier alpha value is -2.86. The number of hydrogen-bond donors (Lipinski definition) is 1. The van der Waals surface area contributed by atoms with E-state index in [1.807, 2.05) is 0 Å². The number of para-hydroxylation sites is 1. The molecule has 1 fully saturated rings. The minimum Gasteiger partial charge on any atom is -0.462 e. The smallest absolute Gasteiger partial charge is 0.338 e. The van der Waals surface area contributed by atoms with Gasteiger partial charge in [-0.3, -0.25) is 9.59 Å². The van der Waals surface area contributed by atoms with E-state index in [0.29, 0.717) is 28.6 Å². The molecule has 7 heteroatoms. The first-order valence-electron chi connectivity index (χ1n) is 8.62. The van der Waals surface area contributed by atoms with Crippen LogP contribution in [-0.4, -0.2) is 30.9 Å². The zero-order chi connectivity index (χ0) is 19.4. The lowest BCUT2D eigenvalue weighted by molar-refractivity contribution is -0.122. The SMILES string of the molecule is CCOC(=O)c1ccc(NC(=O)[C@@H]2CC(=O)N(c3ccccc3Cl)C2)cc1. The van der Waals surface area contributed by atoms with E-state index in [2.05, 4.69) is 5.32 Å². The van der Waals surface area contributed by atoms with Crippen molar-refractivity contribution in [2.24, 2.45) is 5.92 Å². The Bertz CT molecular complexity index is 867. The van der Waals surface area contributed by atoms with Gasteiger partial charge in [-0.2, -0.15) is 0 Å². The summed E-state index contributed by atoms with van der Waals surface area (Å²) < 4.78 is 4.93. The topological polar surface area (TPSA) is 75.7 Å². The zero-order valence-electron chi connectivity index (χ0n) is 14.8. The number of ether oxygens (including phenoxy) is 1. The molecule has 1 N–H and O–H groups in total. The second-order valence-electron chi connectivity index (χ2n) is 6.14. The van der Waals surface area contributed by atoms with Crippen LogP contribution in [0.5, 0.6) is 0 Å². The number of halogens is 1. The summed E-state index contributed by atoms with van der Waals surface area (Å²) in [7, 11) is 0. The number of benzene rings is 2. The second-order valence-corrected chi connectivity index (χ2v) is 6.55. The molecule has 0 spiro atoms. The lowest BCUT2D eigenvalue weighted by Crippen LogP contribution is -2.28. The molecule has 0 saturated carbocycles. The van der Waals surface area contributed by atoms with Gasteiger partial charge in [0.05, 0.1) is 28.8 Å². The van der Waals surface area contributed by atoms with Gasteiger partial charge in [0.25, 0.3) is 0 Å². The maximum Gasteiger partial charge on any atom is 0.338 e. The molecule has 2 aromatic carbocycles. The zero-order valence-corrected chi connectivity index (χ0v) is 15.5. The standard InChI is InChI=1S/C20H19ClN2O4/c1-2-27-20(26)13-7-9-15(10-8-13)22-19(25)14-11-18(24)23(12-14)17-6-4-3-5-16(17)21/h3-10,14H,2,11-12H2,1H3,(H,22,25)/t14-/m1/s1. The van der Waals surface area contributed by atoms with E-state index in [0.717, 1.165) is 0 Å². The number of amides is 2. The van der Waals surface area contributed by atoms with Crippen molar-refractivity contribution in [1.82, 2.24) is 0 Å². The number of nitrogens with zero attached hydrogens (tertiary/aromatic N) is 1. The summed E-state index contributed by atoms with van der Waals surface area (Å²) in [6, 6.07) is 13.5. The van der Waals surface area contributed by atoms with Crippen molar-refractivity contribution in [3.8, 4) is 0 Å². The van der Waals surface area contributed by atoms with E-state index in [9.17, 15) is 14.4 Å². The van der Waals surface area contributed by atoms with Crippen LogP contribution in [-0.2, 0) is 14.3 Å². The van der Waals surface area contributed by atoms with E-state index >= 15 is 0 Å². The van der Waals surface area contributed by atoms with Crippen LogP contribution < -0.4 is 10.2 Å². The Morgan fingerprint density at radius 3 is 2.56 bits per heavy atom. The van der Waals surface area contributed by atoms with E-state index in [4.69, 9.17) is 16.3 Å². The Morgan fingerprint density at radius 1 is 1.19 bits per heavy atom. The number of carbonyl (C=O) groups excluding carboxylic acids is 3. The molecule has 3 rings (SSSR count). The Balaban J connectivity index is 1.64. The molecule has 1 atom stereocenters. The normalized spacial score (nSPS) is 16.3. The van der Waals surface area contributed by atoms with Crippen LogP contribution in [0.4, 0.5) is 11.4 Å². The largest absolute Gasteiger partial charge is 0.462 e. The van der Waals surface area contributed by atoms with Crippen molar-refractivity contribution in [3.63, 3.8) is 0 Å². The predicted octanol–water partition coefficient (Wildman–Crippen LogP) is 3.51. The number of anilines is 2. The van der Waals surface area contributed by atoms with Crippen LogP contribution in [0.2, 0.25) is 5.02 Å². The molecule has 0 aliphatic carbocycles. The van der Waals surface area contributed by atoms with Gasteiger partial charge in [-0.25, -0.2) is 4.79 Å². The van der Waals surface area contributed by atoms with Crippen molar-refractivity contribution in [1.29, 1.82) is 0 Å². The highest BCUT2D eigenvalue weighted by atomic mass is 35.5. The van der Waals surface area contributed by atoms with Gasteiger partial charge in [0, 0.05) is 18.7 Å². The van der Waals surface area contributed by atoms with E-state index in [1.165, 1.54) is 4.90 Å². The van der Waals surface area contributed by atoms with Gasteiger partial charge in [-0.15, -0.1) is 0 Å². The van der Waals surface area contributed by atoms with Crippen LogP contribution >= 0.6 is 11.6 Å². The summed E-state index contributed by atoms with van der Waals surface area (Å²) in [6.07, 6.45) is 0.123.